The van der Waals surface area contributed by atoms with Crippen molar-refractivity contribution in [2.24, 2.45) is 4.99 Å². The number of pyridine rings is 1. The lowest BCUT2D eigenvalue weighted by atomic mass is 10.0. The number of allylic oxidation sites excluding steroid dienone is 1. The highest BCUT2D eigenvalue weighted by Gasteiger charge is 2.18. The molecule has 0 N–H and O–H groups in total. The highest BCUT2D eigenvalue weighted by atomic mass is 32.1. The van der Waals surface area contributed by atoms with E-state index in [2.05, 4.69) is 20.2 Å². The lowest BCUT2D eigenvalue weighted by Crippen LogP contribution is -2.07. The molecule has 0 spiro atoms. The van der Waals surface area contributed by atoms with E-state index >= 15 is 0 Å². The molecule has 0 fully saturated rings. The number of fused-ring (bicyclic) bond motifs is 1. The van der Waals surface area contributed by atoms with E-state index in [1.807, 2.05) is 37.6 Å². The van der Waals surface area contributed by atoms with Crippen LogP contribution in [-0.4, -0.2) is 37.6 Å². The molecule has 0 amide bonds. The van der Waals surface area contributed by atoms with Gasteiger partial charge in [-0.3, -0.25) is 14.2 Å². The highest BCUT2D eigenvalue weighted by Crippen LogP contribution is 2.23. The maximum absolute atomic E-state index is 12.8. The van der Waals surface area contributed by atoms with Crippen molar-refractivity contribution >= 4 is 34.1 Å². The van der Waals surface area contributed by atoms with Crippen molar-refractivity contribution in [1.82, 2.24) is 19.6 Å². The van der Waals surface area contributed by atoms with E-state index < -0.39 is 0 Å². The number of Topliss-reactive ketones (excluding diaryl/α,β-unsaturated/α-hetero) is 1. The molecule has 24 heavy (non-hydrogen) atoms. The summed E-state index contributed by atoms with van der Waals surface area (Å²) in [5, 5.41) is 10.8. The predicted molar refractivity (Wildman–Crippen MR) is 93.8 cm³/mol. The van der Waals surface area contributed by atoms with Crippen LogP contribution in [0.4, 0.5) is 0 Å². The molecule has 4 rings (SSSR count). The van der Waals surface area contributed by atoms with Crippen LogP contribution in [0, 0.1) is 6.92 Å². The number of hydrogen-bond donors (Lipinski definition) is 0. The van der Waals surface area contributed by atoms with Gasteiger partial charge in [-0.25, -0.2) is 4.98 Å². The predicted octanol–water partition coefficient (Wildman–Crippen LogP) is 2.78. The van der Waals surface area contributed by atoms with Gasteiger partial charge in [0, 0.05) is 23.0 Å². The van der Waals surface area contributed by atoms with Crippen LogP contribution >= 0.6 is 11.3 Å². The zero-order chi connectivity index (χ0) is 16.7. The first-order chi connectivity index (χ1) is 11.6. The number of carbonyl (C=O) groups is 1. The topological polar surface area (TPSA) is 72.5 Å². The van der Waals surface area contributed by atoms with Crippen LogP contribution in [0.2, 0.25) is 0 Å². The van der Waals surface area contributed by atoms with Gasteiger partial charge in [-0.1, -0.05) is 0 Å². The zero-order valence-corrected chi connectivity index (χ0v) is 14.2. The second-order valence-corrected chi connectivity index (χ2v) is 6.76. The molecule has 0 radical (unpaired) electrons. The standard InChI is InChI=1S/C17H15N5OS/c1-10-3-12(6-18-10)13-4-14(17-21-19-9-22(17)7-13)15(23)5-16-20-11(2)8-24-16/h3-4,7-9H,5-6H2,1-2H3. The van der Waals surface area contributed by atoms with Crippen molar-refractivity contribution in [1.29, 1.82) is 0 Å². The second-order valence-electron chi connectivity index (χ2n) is 5.81. The van der Waals surface area contributed by atoms with E-state index in [-0.39, 0.29) is 12.2 Å². The van der Waals surface area contributed by atoms with Crippen LogP contribution in [0.3, 0.4) is 0 Å². The molecule has 0 saturated heterocycles. The van der Waals surface area contributed by atoms with Gasteiger partial charge in [-0.15, -0.1) is 21.5 Å². The van der Waals surface area contributed by atoms with Crippen LogP contribution < -0.4 is 0 Å². The third-order valence-electron chi connectivity index (χ3n) is 3.92. The van der Waals surface area contributed by atoms with Gasteiger partial charge < -0.3 is 0 Å². The maximum atomic E-state index is 12.8. The van der Waals surface area contributed by atoms with Crippen LogP contribution in [0.1, 0.15) is 33.5 Å². The molecular formula is C17H15N5OS. The third kappa shape index (κ3) is 2.67. The second kappa shape index (κ2) is 5.76. The summed E-state index contributed by atoms with van der Waals surface area (Å²) >= 11 is 1.51. The Kier molecular flexibility index (Phi) is 3.57. The summed E-state index contributed by atoms with van der Waals surface area (Å²) in [4.78, 5) is 21.6. The zero-order valence-electron chi connectivity index (χ0n) is 13.4. The van der Waals surface area contributed by atoms with E-state index in [1.54, 1.807) is 10.7 Å². The van der Waals surface area contributed by atoms with Crippen molar-refractivity contribution < 1.29 is 4.79 Å². The molecule has 0 saturated carbocycles. The number of rotatable bonds is 4. The lowest BCUT2D eigenvalue weighted by molar-refractivity contribution is 0.0994. The lowest BCUT2D eigenvalue weighted by Gasteiger charge is -2.07. The van der Waals surface area contributed by atoms with Gasteiger partial charge in [0.1, 0.15) is 11.3 Å². The Labute approximate surface area is 142 Å². The number of aromatic nitrogens is 4. The minimum atomic E-state index is 0.000405. The van der Waals surface area contributed by atoms with E-state index in [4.69, 9.17) is 0 Å². The first-order valence-corrected chi connectivity index (χ1v) is 8.48. The molecule has 4 heterocycles. The molecule has 0 aromatic carbocycles. The van der Waals surface area contributed by atoms with Gasteiger partial charge in [-0.05, 0) is 37.1 Å². The molecule has 0 aliphatic carbocycles. The van der Waals surface area contributed by atoms with Crippen molar-refractivity contribution in [2.45, 2.75) is 20.3 Å². The van der Waals surface area contributed by atoms with Crippen molar-refractivity contribution in [3.05, 3.63) is 51.9 Å². The van der Waals surface area contributed by atoms with Crippen molar-refractivity contribution in [2.75, 3.05) is 6.54 Å². The summed E-state index contributed by atoms with van der Waals surface area (Å²) in [6, 6.07) is 1.90. The largest absolute Gasteiger partial charge is 0.294 e. The fraction of sp³-hybridized carbons (Fsp3) is 0.235. The van der Waals surface area contributed by atoms with Gasteiger partial charge >= 0.3 is 0 Å². The number of carbonyl (C=O) groups excluding carboxylic acids is 1. The molecule has 1 aliphatic rings. The Hall–Kier alpha value is -2.67. The molecule has 7 heteroatoms. The minimum absolute atomic E-state index is 0.000405. The molecule has 1 aliphatic heterocycles. The summed E-state index contributed by atoms with van der Waals surface area (Å²) in [7, 11) is 0. The van der Waals surface area contributed by atoms with Crippen LogP contribution in [-0.2, 0) is 6.42 Å². The Morgan fingerprint density at radius 2 is 2.25 bits per heavy atom. The van der Waals surface area contributed by atoms with Gasteiger partial charge in [0.05, 0.1) is 18.5 Å². The Bertz CT molecular complexity index is 1010. The van der Waals surface area contributed by atoms with Crippen LogP contribution in [0.5, 0.6) is 0 Å². The van der Waals surface area contributed by atoms with Crippen molar-refractivity contribution in [3.63, 3.8) is 0 Å². The number of ketones is 1. The number of thiazole rings is 1. The maximum Gasteiger partial charge on any atom is 0.173 e. The minimum Gasteiger partial charge on any atom is -0.294 e. The van der Waals surface area contributed by atoms with Crippen LogP contribution in [0.15, 0.2) is 35.0 Å². The van der Waals surface area contributed by atoms with Gasteiger partial charge in [0.25, 0.3) is 0 Å². The average molecular weight is 337 g/mol. The number of aliphatic imine (C=N–C) groups is 1. The first-order valence-electron chi connectivity index (χ1n) is 7.60. The third-order valence-corrected chi connectivity index (χ3v) is 4.89. The summed E-state index contributed by atoms with van der Waals surface area (Å²) in [5.74, 6) is 0.000405. The smallest absolute Gasteiger partial charge is 0.173 e. The normalized spacial score (nSPS) is 14.1. The fourth-order valence-electron chi connectivity index (χ4n) is 2.76. The fourth-order valence-corrected chi connectivity index (χ4v) is 3.53. The quantitative estimate of drug-likeness (QED) is 0.686. The first kappa shape index (κ1) is 14.9. The highest BCUT2D eigenvalue weighted by molar-refractivity contribution is 7.09. The summed E-state index contributed by atoms with van der Waals surface area (Å²) < 4.78 is 1.80. The summed E-state index contributed by atoms with van der Waals surface area (Å²) in [5.41, 5.74) is 5.16. The molecular weight excluding hydrogens is 322 g/mol. The van der Waals surface area contributed by atoms with E-state index in [0.717, 1.165) is 27.5 Å². The average Bonchev–Trinajstić information content (AvgIpc) is 3.27. The summed E-state index contributed by atoms with van der Waals surface area (Å²) in [6.45, 7) is 4.54. The number of hydrogen-bond acceptors (Lipinski definition) is 6. The number of aryl methyl sites for hydroxylation is 1. The van der Waals surface area contributed by atoms with Crippen molar-refractivity contribution in [3.8, 4) is 0 Å². The van der Waals surface area contributed by atoms with Crippen LogP contribution in [0.25, 0.3) is 11.2 Å². The van der Waals surface area contributed by atoms with E-state index in [0.29, 0.717) is 17.8 Å². The molecule has 120 valence electrons. The Morgan fingerprint density at radius 1 is 1.38 bits per heavy atom. The monoisotopic (exact) mass is 337 g/mol. The van der Waals surface area contributed by atoms with Gasteiger partial charge in [0.2, 0.25) is 0 Å². The van der Waals surface area contributed by atoms with E-state index in [1.165, 1.54) is 11.3 Å². The molecule has 3 aromatic rings. The summed E-state index contributed by atoms with van der Waals surface area (Å²) in [6.07, 6.45) is 5.88. The Morgan fingerprint density at radius 3 is 2.96 bits per heavy atom. The number of nitrogens with zero attached hydrogens (tertiary/aromatic N) is 5. The molecule has 0 unspecified atom stereocenters. The van der Waals surface area contributed by atoms with Gasteiger partial charge in [-0.2, -0.15) is 0 Å². The molecule has 0 bridgehead atoms. The molecule has 0 atom stereocenters. The SMILES string of the molecule is CC1=NCC(c2cc(C(=O)Cc3nc(C)cs3)c3nncn3c2)=C1. The Balaban J connectivity index is 1.75. The molecule has 3 aromatic heterocycles. The van der Waals surface area contributed by atoms with Gasteiger partial charge in [0.15, 0.2) is 11.4 Å². The van der Waals surface area contributed by atoms with E-state index in [9.17, 15) is 4.79 Å². The molecule has 6 nitrogen and oxygen atoms in total.